The quantitative estimate of drug-likeness (QED) is 0.459. The number of rotatable bonds is 6. The molecule has 1 fully saturated rings. The third-order valence-electron chi connectivity index (χ3n) is 5.19. The number of para-hydroxylation sites is 1. The summed E-state index contributed by atoms with van der Waals surface area (Å²) in [6.45, 7) is 2.33. The first-order chi connectivity index (χ1) is 14.6. The Bertz CT molecular complexity index is 1100. The molecule has 1 atom stereocenters. The van der Waals surface area contributed by atoms with Crippen LogP contribution in [0.5, 0.6) is 0 Å². The number of nitro groups is 1. The number of sulfonamides is 1. The van der Waals surface area contributed by atoms with E-state index in [-0.39, 0.29) is 42.9 Å². The Morgan fingerprint density at radius 1 is 1.13 bits per heavy atom. The second-order valence-electron chi connectivity index (χ2n) is 7.30. The molecule has 31 heavy (non-hydrogen) atoms. The van der Waals surface area contributed by atoms with Crippen LogP contribution in [0, 0.1) is 16.0 Å². The molecule has 1 heterocycles. The van der Waals surface area contributed by atoms with Crippen molar-refractivity contribution in [3.05, 3.63) is 68.2 Å². The Morgan fingerprint density at radius 3 is 2.39 bits per heavy atom. The Labute approximate surface area is 190 Å². The molecule has 0 aromatic heterocycles. The molecule has 0 bridgehead atoms. The Kier molecular flexibility index (Phi) is 7.20. The van der Waals surface area contributed by atoms with Gasteiger partial charge in [0.25, 0.3) is 5.69 Å². The monoisotopic (exact) mass is 485 g/mol. The minimum absolute atomic E-state index is 0.0640. The molecule has 3 rings (SSSR count). The van der Waals surface area contributed by atoms with Crippen LogP contribution >= 0.6 is 23.2 Å². The van der Waals surface area contributed by atoms with Gasteiger partial charge in [0.1, 0.15) is 0 Å². The van der Waals surface area contributed by atoms with Crippen molar-refractivity contribution in [3.63, 3.8) is 0 Å². The average molecular weight is 486 g/mol. The molecular formula is C20H21Cl2N3O5S. The molecule has 2 aromatic carbocycles. The van der Waals surface area contributed by atoms with Crippen molar-refractivity contribution in [2.75, 3.05) is 26.2 Å². The highest BCUT2D eigenvalue weighted by molar-refractivity contribution is 7.89. The van der Waals surface area contributed by atoms with E-state index in [4.69, 9.17) is 23.2 Å². The molecule has 8 nitrogen and oxygen atoms in total. The van der Waals surface area contributed by atoms with E-state index in [2.05, 4.69) is 0 Å². The van der Waals surface area contributed by atoms with Crippen LogP contribution in [0.25, 0.3) is 0 Å². The van der Waals surface area contributed by atoms with Crippen LogP contribution in [-0.4, -0.2) is 54.6 Å². The molecule has 1 amide bonds. The number of carbonyl (C=O) groups excluding carboxylic acids is 1. The van der Waals surface area contributed by atoms with Crippen molar-refractivity contribution in [1.29, 1.82) is 0 Å². The number of hydrogen-bond acceptors (Lipinski definition) is 5. The fraction of sp³-hybridized carbons (Fsp3) is 0.350. The second-order valence-corrected chi connectivity index (χ2v) is 10.0. The van der Waals surface area contributed by atoms with Crippen LogP contribution < -0.4 is 0 Å². The third kappa shape index (κ3) is 5.17. The van der Waals surface area contributed by atoms with E-state index < -0.39 is 20.6 Å². The number of nitro benzene ring substituents is 1. The third-order valence-corrected chi connectivity index (χ3v) is 7.73. The van der Waals surface area contributed by atoms with Crippen LogP contribution in [0.3, 0.4) is 0 Å². The molecular weight excluding hydrogens is 465 g/mol. The van der Waals surface area contributed by atoms with E-state index in [1.807, 2.05) is 0 Å². The maximum Gasteiger partial charge on any atom is 0.289 e. The normalized spacial score (nSPS) is 16.2. The number of amides is 1. The molecule has 1 unspecified atom stereocenters. The highest BCUT2D eigenvalue weighted by Gasteiger charge is 2.35. The number of piperazine rings is 1. The summed E-state index contributed by atoms with van der Waals surface area (Å²) in [7, 11) is -4.04. The van der Waals surface area contributed by atoms with Gasteiger partial charge in [-0.1, -0.05) is 48.3 Å². The lowest BCUT2D eigenvalue weighted by Crippen LogP contribution is -2.51. The van der Waals surface area contributed by atoms with Crippen LogP contribution in [0.1, 0.15) is 12.5 Å². The summed E-state index contributed by atoms with van der Waals surface area (Å²) in [5, 5.41) is 12.2. The van der Waals surface area contributed by atoms with Gasteiger partial charge >= 0.3 is 0 Å². The van der Waals surface area contributed by atoms with Gasteiger partial charge in [-0.05, 0) is 30.2 Å². The van der Waals surface area contributed by atoms with Crippen LogP contribution in [0.4, 0.5) is 5.69 Å². The summed E-state index contributed by atoms with van der Waals surface area (Å²) in [5.41, 5.74) is 0.346. The molecule has 1 aliphatic rings. The van der Waals surface area contributed by atoms with E-state index >= 15 is 0 Å². The summed E-state index contributed by atoms with van der Waals surface area (Å²) < 4.78 is 27.0. The van der Waals surface area contributed by atoms with Gasteiger partial charge in [-0.3, -0.25) is 14.9 Å². The molecule has 1 aliphatic heterocycles. The molecule has 0 aliphatic carbocycles. The van der Waals surface area contributed by atoms with E-state index in [0.29, 0.717) is 16.5 Å². The number of nitrogens with zero attached hydrogens (tertiary/aromatic N) is 3. The summed E-state index contributed by atoms with van der Waals surface area (Å²) in [6, 6.07) is 10.4. The van der Waals surface area contributed by atoms with Crippen LogP contribution in [0.2, 0.25) is 10.0 Å². The molecule has 2 aromatic rings. The van der Waals surface area contributed by atoms with E-state index in [1.165, 1.54) is 22.5 Å². The summed E-state index contributed by atoms with van der Waals surface area (Å²) in [6.07, 6.45) is 0.434. The Hall–Kier alpha value is -2.20. The fourth-order valence-electron chi connectivity index (χ4n) is 3.53. The highest BCUT2D eigenvalue weighted by atomic mass is 35.5. The van der Waals surface area contributed by atoms with Gasteiger partial charge < -0.3 is 4.90 Å². The first kappa shape index (κ1) is 23.5. The zero-order valence-electron chi connectivity index (χ0n) is 16.7. The molecule has 0 radical (unpaired) electrons. The van der Waals surface area contributed by atoms with Crippen molar-refractivity contribution < 1.29 is 18.1 Å². The second kappa shape index (κ2) is 9.52. The smallest absolute Gasteiger partial charge is 0.289 e. The fourth-order valence-corrected chi connectivity index (χ4v) is 5.60. The van der Waals surface area contributed by atoms with Gasteiger partial charge in [-0.2, -0.15) is 4.31 Å². The SMILES string of the molecule is CC(Cc1ccc(Cl)cc1Cl)C(=O)N1CCN(S(=O)(=O)c2ccccc2[N+](=O)[O-])CC1. The maximum atomic E-state index is 12.9. The maximum absolute atomic E-state index is 12.9. The first-order valence-electron chi connectivity index (χ1n) is 9.57. The van der Waals surface area contributed by atoms with Crippen molar-refractivity contribution in [3.8, 4) is 0 Å². The van der Waals surface area contributed by atoms with Crippen molar-refractivity contribution in [1.82, 2.24) is 9.21 Å². The number of carbonyl (C=O) groups is 1. The Balaban J connectivity index is 1.66. The van der Waals surface area contributed by atoms with Crippen LogP contribution in [-0.2, 0) is 21.2 Å². The largest absolute Gasteiger partial charge is 0.340 e. The first-order valence-corrected chi connectivity index (χ1v) is 11.8. The standard InChI is InChI=1S/C20H21Cl2N3O5S/c1-14(12-15-6-7-16(21)13-17(15)22)20(26)23-8-10-24(11-9-23)31(29,30)19-5-3-2-4-18(19)25(27)28/h2-7,13-14H,8-12H2,1H3. The average Bonchev–Trinajstić information content (AvgIpc) is 2.75. The molecule has 0 spiro atoms. The van der Waals surface area contributed by atoms with Gasteiger partial charge in [0.2, 0.25) is 15.9 Å². The highest BCUT2D eigenvalue weighted by Crippen LogP contribution is 2.28. The summed E-state index contributed by atoms with van der Waals surface area (Å²) >= 11 is 12.1. The van der Waals surface area contributed by atoms with Gasteiger partial charge in [0.15, 0.2) is 4.90 Å². The van der Waals surface area contributed by atoms with E-state index in [0.717, 1.165) is 11.6 Å². The minimum atomic E-state index is -4.04. The number of halogens is 2. The lowest BCUT2D eigenvalue weighted by atomic mass is 9.99. The minimum Gasteiger partial charge on any atom is -0.340 e. The topological polar surface area (TPSA) is 101 Å². The lowest BCUT2D eigenvalue weighted by molar-refractivity contribution is -0.387. The molecule has 11 heteroatoms. The van der Waals surface area contributed by atoms with E-state index in [9.17, 15) is 23.3 Å². The molecule has 166 valence electrons. The zero-order valence-corrected chi connectivity index (χ0v) is 19.0. The molecule has 0 saturated carbocycles. The predicted octanol–water partition coefficient (Wildman–Crippen LogP) is 3.61. The number of hydrogen-bond donors (Lipinski definition) is 0. The molecule has 0 N–H and O–H groups in total. The van der Waals surface area contributed by atoms with E-state index in [1.54, 1.807) is 30.0 Å². The summed E-state index contributed by atoms with van der Waals surface area (Å²) in [5.74, 6) is -0.453. The zero-order chi connectivity index (χ0) is 22.8. The lowest BCUT2D eigenvalue weighted by Gasteiger charge is -2.35. The van der Waals surface area contributed by atoms with Gasteiger partial charge in [0.05, 0.1) is 4.92 Å². The summed E-state index contributed by atoms with van der Waals surface area (Å²) in [4.78, 5) is 24.6. The van der Waals surface area contributed by atoms with Gasteiger partial charge in [-0.15, -0.1) is 0 Å². The van der Waals surface area contributed by atoms with Crippen molar-refractivity contribution in [2.45, 2.75) is 18.2 Å². The Morgan fingerprint density at radius 2 is 1.77 bits per heavy atom. The van der Waals surface area contributed by atoms with Crippen LogP contribution in [0.15, 0.2) is 47.4 Å². The van der Waals surface area contributed by atoms with Crippen molar-refractivity contribution >= 4 is 44.8 Å². The predicted molar refractivity (Wildman–Crippen MR) is 118 cm³/mol. The van der Waals surface area contributed by atoms with Gasteiger partial charge in [-0.25, -0.2) is 8.42 Å². The van der Waals surface area contributed by atoms with Crippen molar-refractivity contribution in [2.24, 2.45) is 5.92 Å². The number of benzene rings is 2. The molecule has 1 saturated heterocycles. The van der Waals surface area contributed by atoms with Gasteiger partial charge in [0, 0.05) is 48.2 Å².